The maximum Gasteiger partial charge on any atom is 0.415 e. The van der Waals surface area contributed by atoms with Crippen molar-refractivity contribution in [2.45, 2.75) is 50.1 Å². The van der Waals surface area contributed by atoms with E-state index in [0.717, 1.165) is 25.7 Å². The zero-order chi connectivity index (χ0) is 12.5. The Balaban J connectivity index is 1.95. The summed E-state index contributed by atoms with van der Waals surface area (Å²) in [5, 5.41) is 9.12. The minimum Gasteiger partial charge on any atom is -0.382 e. The number of alkyl halides is 3. The van der Waals surface area contributed by atoms with Crippen LogP contribution in [0.15, 0.2) is 0 Å². The lowest BCUT2D eigenvalue weighted by Crippen LogP contribution is -2.56. The molecule has 3 nitrogen and oxygen atoms in total. The summed E-state index contributed by atoms with van der Waals surface area (Å²) in [6.07, 6.45) is -2.82. The number of ether oxygens (including phenoxy) is 1. The highest BCUT2D eigenvalue weighted by Gasteiger charge is 2.42. The second-order valence-electron chi connectivity index (χ2n) is 4.81. The standard InChI is InChI=1S/C11H18F3NO2/c12-11(13,14)10(16)7-15-5-6-17-9-4-2-1-3-8(9)15/h8-10,16H,1-7H2. The summed E-state index contributed by atoms with van der Waals surface area (Å²) >= 11 is 0. The second kappa shape index (κ2) is 5.12. The molecular weight excluding hydrogens is 235 g/mol. The number of aliphatic hydroxyl groups excluding tert-OH is 1. The Kier molecular flexibility index (Phi) is 3.95. The van der Waals surface area contributed by atoms with Gasteiger partial charge in [-0.25, -0.2) is 0 Å². The molecule has 1 aliphatic carbocycles. The summed E-state index contributed by atoms with van der Waals surface area (Å²) in [6, 6.07) is 0.0505. The third-order valence-electron chi connectivity index (χ3n) is 3.63. The van der Waals surface area contributed by atoms with E-state index in [-0.39, 0.29) is 18.7 Å². The molecular formula is C11H18F3NO2. The number of aliphatic hydroxyl groups is 1. The fourth-order valence-corrected chi connectivity index (χ4v) is 2.73. The molecule has 0 aromatic heterocycles. The second-order valence-corrected chi connectivity index (χ2v) is 4.81. The molecule has 0 aromatic carbocycles. The van der Waals surface area contributed by atoms with Gasteiger partial charge in [0.25, 0.3) is 0 Å². The van der Waals surface area contributed by atoms with E-state index in [0.29, 0.717) is 13.2 Å². The first-order valence-corrected chi connectivity index (χ1v) is 6.09. The van der Waals surface area contributed by atoms with E-state index in [9.17, 15) is 13.2 Å². The van der Waals surface area contributed by atoms with Crippen LogP contribution in [0.3, 0.4) is 0 Å². The van der Waals surface area contributed by atoms with E-state index in [1.54, 1.807) is 4.90 Å². The number of hydrogen-bond donors (Lipinski definition) is 1. The van der Waals surface area contributed by atoms with Crippen molar-refractivity contribution in [3.8, 4) is 0 Å². The quantitative estimate of drug-likeness (QED) is 0.810. The van der Waals surface area contributed by atoms with Gasteiger partial charge in [-0.3, -0.25) is 4.90 Å². The van der Waals surface area contributed by atoms with E-state index < -0.39 is 12.3 Å². The highest BCUT2D eigenvalue weighted by molar-refractivity contribution is 4.88. The molecule has 1 aliphatic heterocycles. The number of hydrogen-bond acceptors (Lipinski definition) is 3. The first kappa shape index (κ1) is 13.1. The van der Waals surface area contributed by atoms with Crippen LogP contribution in [0.2, 0.25) is 0 Å². The van der Waals surface area contributed by atoms with E-state index in [2.05, 4.69) is 0 Å². The number of β-amino-alcohol motifs (C(OH)–C–C–N with tert-alkyl or cyclic N) is 1. The Morgan fingerprint density at radius 2 is 2.00 bits per heavy atom. The zero-order valence-electron chi connectivity index (χ0n) is 9.62. The average molecular weight is 253 g/mol. The van der Waals surface area contributed by atoms with Crippen LogP contribution in [0.25, 0.3) is 0 Å². The molecule has 0 aromatic rings. The Bertz CT molecular complexity index is 258. The predicted molar refractivity (Wildman–Crippen MR) is 55.6 cm³/mol. The highest BCUT2D eigenvalue weighted by Crippen LogP contribution is 2.30. The summed E-state index contributed by atoms with van der Waals surface area (Å²) < 4.78 is 42.5. The van der Waals surface area contributed by atoms with Crippen LogP contribution in [-0.2, 0) is 4.74 Å². The van der Waals surface area contributed by atoms with Gasteiger partial charge in [0.05, 0.1) is 12.7 Å². The van der Waals surface area contributed by atoms with Crippen molar-refractivity contribution in [1.29, 1.82) is 0 Å². The van der Waals surface area contributed by atoms with Gasteiger partial charge in [-0.1, -0.05) is 12.8 Å². The third kappa shape index (κ3) is 3.11. The largest absolute Gasteiger partial charge is 0.415 e. The predicted octanol–water partition coefficient (Wildman–Crippen LogP) is 1.55. The smallest absolute Gasteiger partial charge is 0.382 e. The van der Waals surface area contributed by atoms with Gasteiger partial charge >= 0.3 is 6.18 Å². The molecule has 1 saturated heterocycles. The normalized spacial score (nSPS) is 33.2. The van der Waals surface area contributed by atoms with Gasteiger partial charge in [0.1, 0.15) is 0 Å². The molecule has 3 atom stereocenters. The molecule has 6 heteroatoms. The van der Waals surface area contributed by atoms with E-state index in [1.165, 1.54) is 0 Å². The van der Waals surface area contributed by atoms with Crippen LogP contribution in [0.4, 0.5) is 13.2 Å². The summed E-state index contributed by atoms with van der Waals surface area (Å²) in [4.78, 5) is 1.74. The van der Waals surface area contributed by atoms with Gasteiger partial charge in [-0.15, -0.1) is 0 Å². The molecule has 0 amide bonds. The van der Waals surface area contributed by atoms with Gasteiger partial charge in [-0.2, -0.15) is 13.2 Å². The topological polar surface area (TPSA) is 32.7 Å². The van der Waals surface area contributed by atoms with Crippen LogP contribution < -0.4 is 0 Å². The van der Waals surface area contributed by atoms with Crippen molar-refractivity contribution in [2.75, 3.05) is 19.7 Å². The molecule has 1 N–H and O–H groups in total. The van der Waals surface area contributed by atoms with E-state index in [1.807, 2.05) is 0 Å². The van der Waals surface area contributed by atoms with Crippen LogP contribution in [0.5, 0.6) is 0 Å². The summed E-state index contributed by atoms with van der Waals surface area (Å²) in [5.41, 5.74) is 0. The fourth-order valence-electron chi connectivity index (χ4n) is 2.73. The molecule has 0 bridgehead atoms. The SMILES string of the molecule is OC(CN1CCOC2CCCCC21)C(F)(F)F. The molecule has 0 radical (unpaired) electrons. The lowest BCUT2D eigenvalue weighted by molar-refractivity contribution is -0.215. The Labute approximate surface area is 98.5 Å². The Hall–Kier alpha value is -0.330. The van der Waals surface area contributed by atoms with E-state index in [4.69, 9.17) is 9.84 Å². The maximum atomic E-state index is 12.3. The Morgan fingerprint density at radius 1 is 1.29 bits per heavy atom. The molecule has 2 rings (SSSR count). The molecule has 3 unspecified atom stereocenters. The van der Waals surface area contributed by atoms with Crippen molar-refractivity contribution in [3.63, 3.8) is 0 Å². The van der Waals surface area contributed by atoms with Crippen molar-refractivity contribution in [3.05, 3.63) is 0 Å². The van der Waals surface area contributed by atoms with Crippen molar-refractivity contribution < 1.29 is 23.0 Å². The van der Waals surface area contributed by atoms with Gasteiger partial charge in [-0.05, 0) is 12.8 Å². The fraction of sp³-hybridized carbons (Fsp3) is 1.00. The number of morpholine rings is 1. The van der Waals surface area contributed by atoms with Crippen molar-refractivity contribution in [1.82, 2.24) is 4.90 Å². The summed E-state index contributed by atoms with van der Waals surface area (Å²) in [5.74, 6) is 0. The number of fused-ring (bicyclic) bond motifs is 1. The maximum absolute atomic E-state index is 12.3. The molecule has 2 aliphatic rings. The van der Waals surface area contributed by atoms with Gasteiger partial charge in [0, 0.05) is 19.1 Å². The van der Waals surface area contributed by atoms with Crippen LogP contribution in [0.1, 0.15) is 25.7 Å². The molecule has 100 valence electrons. The monoisotopic (exact) mass is 253 g/mol. The van der Waals surface area contributed by atoms with E-state index >= 15 is 0 Å². The first-order chi connectivity index (χ1) is 7.98. The highest BCUT2D eigenvalue weighted by atomic mass is 19.4. The van der Waals surface area contributed by atoms with Crippen molar-refractivity contribution >= 4 is 0 Å². The van der Waals surface area contributed by atoms with Crippen LogP contribution in [-0.4, -0.2) is 54.1 Å². The minimum atomic E-state index is -4.53. The third-order valence-corrected chi connectivity index (χ3v) is 3.63. The average Bonchev–Trinajstić information content (AvgIpc) is 2.28. The lowest BCUT2D eigenvalue weighted by atomic mass is 9.90. The Morgan fingerprint density at radius 3 is 2.71 bits per heavy atom. The summed E-state index contributed by atoms with van der Waals surface area (Å²) in [6.45, 7) is 0.619. The molecule has 2 fully saturated rings. The molecule has 17 heavy (non-hydrogen) atoms. The minimum absolute atomic E-state index is 0.0505. The van der Waals surface area contributed by atoms with Crippen molar-refractivity contribution in [2.24, 2.45) is 0 Å². The molecule has 1 saturated carbocycles. The zero-order valence-corrected chi connectivity index (χ0v) is 9.62. The van der Waals surface area contributed by atoms with Crippen LogP contribution >= 0.6 is 0 Å². The molecule has 0 spiro atoms. The summed E-state index contributed by atoms with van der Waals surface area (Å²) in [7, 11) is 0. The first-order valence-electron chi connectivity index (χ1n) is 6.09. The number of halogens is 3. The number of nitrogens with zero attached hydrogens (tertiary/aromatic N) is 1. The lowest BCUT2D eigenvalue weighted by Gasteiger charge is -2.44. The van der Waals surface area contributed by atoms with Gasteiger partial charge in [0.15, 0.2) is 6.10 Å². The molecule has 1 heterocycles. The van der Waals surface area contributed by atoms with Gasteiger partial charge < -0.3 is 9.84 Å². The van der Waals surface area contributed by atoms with Crippen LogP contribution in [0, 0.1) is 0 Å². The van der Waals surface area contributed by atoms with Gasteiger partial charge in [0.2, 0.25) is 0 Å². The number of rotatable bonds is 2.